The molecule has 4 rings (SSSR count). The Morgan fingerprint density at radius 1 is 0.730 bits per heavy atom. The highest BCUT2D eigenvalue weighted by molar-refractivity contribution is 8.00. The van der Waals surface area contributed by atoms with Crippen molar-refractivity contribution in [1.29, 1.82) is 0 Å². The van der Waals surface area contributed by atoms with E-state index in [0.29, 0.717) is 10.5 Å². The first kappa shape index (κ1) is 31.5. The molecule has 0 bridgehead atoms. The van der Waals surface area contributed by atoms with Crippen LogP contribution in [0.25, 0.3) is 0 Å². The molecule has 4 amide bonds. The Hall–Kier alpha value is -1.71. The Morgan fingerprint density at radius 3 is 1.41 bits per heavy atom. The molecule has 4 heterocycles. The second-order valence-corrected chi connectivity index (χ2v) is 12.6. The monoisotopic (exact) mass is 586 g/mol. The van der Waals surface area contributed by atoms with E-state index in [0.717, 1.165) is 50.0 Å². The second-order valence-electron chi connectivity index (χ2n) is 9.04. The number of hydrogen-bond donors (Lipinski definition) is 9. The summed E-state index contributed by atoms with van der Waals surface area (Å²) >= 11 is 3.74. The van der Waals surface area contributed by atoms with E-state index in [1.54, 1.807) is 0 Å². The van der Waals surface area contributed by atoms with Crippen LogP contribution in [0.3, 0.4) is 0 Å². The highest BCUT2D eigenvalue weighted by Gasteiger charge is 2.43. The SMILES string of the molecule is O=C(O)CCCC[C@@H]1SC[C@@H]2NC(=O)N[C@@H]21.O=C(O)CCCC[C@@H]1SC[C@@H]2NC(=O)N[C@@H]21.O=P(O)(O)O. The van der Waals surface area contributed by atoms with Crippen LogP contribution < -0.4 is 21.3 Å². The lowest BCUT2D eigenvalue weighted by Crippen LogP contribution is -2.36. The molecule has 0 radical (unpaired) electrons. The molecule has 14 nitrogen and oxygen atoms in total. The van der Waals surface area contributed by atoms with E-state index in [1.807, 2.05) is 23.5 Å². The normalized spacial score (nSPS) is 29.3. The van der Waals surface area contributed by atoms with Gasteiger partial charge in [0.05, 0.1) is 24.2 Å². The van der Waals surface area contributed by atoms with Gasteiger partial charge >= 0.3 is 31.8 Å². The van der Waals surface area contributed by atoms with Gasteiger partial charge in [-0.3, -0.25) is 9.59 Å². The van der Waals surface area contributed by atoms with Crippen molar-refractivity contribution in [3.63, 3.8) is 0 Å². The van der Waals surface area contributed by atoms with Crippen LogP contribution in [0.2, 0.25) is 0 Å². The van der Waals surface area contributed by atoms with E-state index in [1.165, 1.54) is 0 Å². The fourth-order valence-electron chi connectivity index (χ4n) is 4.53. The maximum atomic E-state index is 11.1. The fourth-order valence-corrected chi connectivity index (χ4v) is 7.62. The van der Waals surface area contributed by atoms with Crippen LogP contribution in [0.1, 0.15) is 51.4 Å². The summed E-state index contributed by atoms with van der Waals surface area (Å²) in [6.07, 6.45) is 5.76. The molecule has 212 valence electrons. The highest BCUT2D eigenvalue weighted by atomic mass is 32.2. The summed E-state index contributed by atoms with van der Waals surface area (Å²) in [5, 5.41) is 29.6. The van der Waals surface area contributed by atoms with Crippen LogP contribution in [0.4, 0.5) is 9.59 Å². The average Bonchev–Trinajstić information content (AvgIpc) is 3.50. The minimum absolute atomic E-state index is 0.0640. The molecule has 0 aliphatic carbocycles. The summed E-state index contributed by atoms with van der Waals surface area (Å²) in [6, 6.07) is 0.880. The minimum Gasteiger partial charge on any atom is -0.481 e. The molecule has 4 fully saturated rings. The van der Waals surface area contributed by atoms with Gasteiger partial charge < -0.3 is 46.2 Å². The van der Waals surface area contributed by atoms with E-state index >= 15 is 0 Å². The molecule has 0 unspecified atom stereocenters. The number of fused-ring (bicyclic) bond motifs is 2. The maximum Gasteiger partial charge on any atom is 0.466 e. The summed E-state index contributed by atoms with van der Waals surface area (Å²) in [7, 11) is -4.64. The lowest BCUT2D eigenvalue weighted by atomic mass is 10.0. The summed E-state index contributed by atoms with van der Waals surface area (Å²) in [5.41, 5.74) is 0. The minimum atomic E-state index is -4.64. The highest BCUT2D eigenvalue weighted by Crippen LogP contribution is 2.34. The number of aliphatic carboxylic acids is 2. The van der Waals surface area contributed by atoms with Gasteiger partial charge in [0.15, 0.2) is 0 Å². The zero-order chi connectivity index (χ0) is 27.6. The Balaban J connectivity index is 0.000000221. The number of rotatable bonds is 10. The lowest BCUT2D eigenvalue weighted by molar-refractivity contribution is -0.138. The van der Waals surface area contributed by atoms with Crippen LogP contribution >= 0.6 is 31.3 Å². The molecule has 0 aromatic heterocycles. The van der Waals surface area contributed by atoms with Gasteiger partial charge in [0, 0.05) is 34.8 Å². The number of phosphoric acid groups is 1. The topological polar surface area (TPSA) is 235 Å². The Bertz CT molecular complexity index is 797. The van der Waals surface area contributed by atoms with E-state index < -0.39 is 19.8 Å². The molecular formula is C20H35N4O10PS2. The molecule has 4 aliphatic rings. The summed E-state index contributed by atoms with van der Waals surface area (Å²) < 4.78 is 8.88. The molecule has 0 spiro atoms. The van der Waals surface area contributed by atoms with Gasteiger partial charge in [-0.2, -0.15) is 23.5 Å². The van der Waals surface area contributed by atoms with Gasteiger partial charge in [-0.05, 0) is 25.7 Å². The van der Waals surface area contributed by atoms with Crippen molar-refractivity contribution in [2.45, 2.75) is 86.0 Å². The molecule has 4 saturated heterocycles. The molecular weight excluding hydrogens is 551 g/mol. The predicted octanol–water partition coefficient (Wildman–Crippen LogP) is 0.665. The first-order valence-corrected chi connectivity index (χ1v) is 15.6. The maximum absolute atomic E-state index is 11.1. The smallest absolute Gasteiger partial charge is 0.466 e. The average molecular weight is 587 g/mol. The van der Waals surface area contributed by atoms with E-state index in [4.69, 9.17) is 29.5 Å². The number of nitrogens with one attached hydrogen (secondary N) is 4. The molecule has 0 aromatic carbocycles. The van der Waals surface area contributed by atoms with E-state index in [9.17, 15) is 19.2 Å². The third kappa shape index (κ3) is 12.1. The number of carbonyl (C=O) groups is 4. The standard InChI is InChI=1S/2C10H16N2O3S.H3O4P/c2*13-8(14)4-2-1-3-7-9-6(5-16-7)11-10(15)12-9;1-5(2,3)4/h2*6-7,9H,1-5H2,(H,13,14)(H2,11,12,15);(H3,1,2,3,4)/t2*6-,7-,9-;/m00./s1. The second kappa shape index (κ2) is 15.0. The molecule has 4 aliphatic heterocycles. The van der Waals surface area contributed by atoms with E-state index in [2.05, 4.69) is 21.3 Å². The Morgan fingerprint density at radius 2 is 1.08 bits per heavy atom. The number of amides is 4. The van der Waals surface area contributed by atoms with Crippen molar-refractivity contribution in [3.8, 4) is 0 Å². The largest absolute Gasteiger partial charge is 0.481 e. The number of hydrogen-bond acceptors (Lipinski definition) is 7. The van der Waals surface area contributed by atoms with Crippen molar-refractivity contribution in [1.82, 2.24) is 21.3 Å². The number of thioether (sulfide) groups is 2. The van der Waals surface area contributed by atoms with Gasteiger partial charge in [0.2, 0.25) is 0 Å². The quantitative estimate of drug-likeness (QED) is 0.0976. The Kier molecular flexibility index (Phi) is 12.8. The summed E-state index contributed by atoms with van der Waals surface area (Å²) in [6.45, 7) is 0. The van der Waals surface area contributed by atoms with Gasteiger partial charge in [-0.1, -0.05) is 12.8 Å². The third-order valence-electron chi connectivity index (χ3n) is 6.13. The van der Waals surface area contributed by atoms with E-state index in [-0.39, 0.29) is 49.1 Å². The zero-order valence-electron chi connectivity index (χ0n) is 20.1. The Labute approximate surface area is 222 Å². The van der Waals surface area contributed by atoms with Crippen molar-refractivity contribution < 1.29 is 48.6 Å². The van der Waals surface area contributed by atoms with Crippen molar-refractivity contribution in [3.05, 3.63) is 0 Å². The lowest BCUT2D eigenvalue weighted by Gasteiger charge is -2.16. The number of carboxylic acid groups (broad SMARTS) is 2. The zero-order valence-corrected chi connectivity index (χ0v) is 22.6. The molecule has 17 heteroatoms. The van der Waals surface area contributed by atoms with Gasteiger partial charge in [0.25, 0.3) is 0 Å². The van der Waals surface area contributed by atoms with Crippen LogP contribution in [-0.2, 0) is 14.2 Å². The van der Waals surface area contributed by atoms with Crippen molar-refractivity contribution in [2.75, 3.05) is 11.5 Å². The number of unbranched alkanes of at least 4 members (excludes halogenated alkanes) is 2. The van der Waals surface area contributed by atoms with Gasteiger partial charge in [-0.15, -0.1) is 0 Å². The number of carboxylic acids is 2. The number of carbonyl (C=O) groups excluding carboxylic acids is 2. The van der Waals surface area contributed by atoms with Crippen molar-refractivity contribution in [2.24, 2.45) is 0 Å². The summed E-state index contributed by atoms with van der Waals surface area (Å²) in [4.78, 5) is 64.5. The molecule has 37 heavy (non-hydrogen) atoms. The van der Waals surface area contributed by atoms with Gasteiger partial charge in [-0.25, -0.2) is 14.2 Å². The van der Waals surface area contributed by atoms with Crippen LogP contribution in [0, 0.1) is 0 Å². The number of urea groups is 2. The molecule has 0 saturated carbocycles. The molecule has 6 atom stereocenters. The third-order valence-corrected chi connectivity index (χ3v) is 9.15. The molecule has 9 N–H and O–H groups in total. The fraction of sp³-hybridized carbons (Fsp3) is 0.800. The van der Waals surface area contributed by atoms with Crippen LogP contribution in [-0.4, -0.2) is 95.1 Å². The predicted molar refractivity (Wildman–Crippen MR) is 137 cm³/mol. The van der Waals surface area contributed by atoms with Crippen molar-refractivity contribution >= 4 is 55.3 Å². The van der Waals surface area contributed by atoms with Gasteiger partial charge in [0.1, 0.15) is 0 Å². The summed E-state index contributed by atoms with van der Waals surface area (Å²) in [5.74, 6) is 0.473. The first-order chi connectivity index (χ1) is 17.3. The first-order valence-electron chi connectivity index (χ1n) is 11.9. The van der Waals surface area contributed by atoms with Crippen LogP contribution in [0.5, 0.6) is 0 Å². The van der Waals surface area contributed by atoms with Crippen LogP contribution in [0.15, 0.2) is 0 Å². The molecule has 0 aromatic rings.